The highest BCUT2D eigenvalue weighted by Crippen LogP contribution is 2.33. The number of oxazole rings is 1. The maximum atomic E-state index is 13.6. The highest BCUT2D eigenvalue weighted by Gasteiger charge is 2.34. The van der Waals surface area contributed by atoms with Crippen molar-refractivity contribution in [2.75, 3.05) is 5.32 Å². The molecule has 0 spiro atoms. The third kappa shape index (κ3) is 4.48. The van der Waals surface area contributed by atoms with Crippen LogP contribution in [0.2, 0.25) is 5.02 Å². The second-order valence-corrected chi connectivity index (χ2v) is 8.74. The number of Topliss-reactive ketones (excluding diaryl/α,β-unsaturated/α-hetero) is 1. The first kappa shape index (κ1) is 23.7. The number of hydrogen-bond acceptors (Lipinski definition) is 5. The number of nitrogens with zero attached hydrogens (tertiary/aromatic N) is 2. The van der Waals surface area contributed by atoms with Crippen LogP contribution in [-0.4, -0.2) is 27.1 Å². The summed E-state index contributed by atoms with van der Waals surface area (Å²) in [5.41, 5.74) is 2.15. The summed E-state index contributed by atoms with van der Waals surface area (Å²) in [7, 11) is 0. The Morgan fingerprint density at radius 1 is 1.24 bits per heavy atom. The van der Waals surface area contributed by atoms with Gasteiger partial charge in [-0.05, 0) is 63.8 Å². The van der Waals surface area contributed by atoms with Crippen molar-refractivity contribution in [2.45, 2.75) is 52.6 Å². The van der Waals surface area contributed by atoms with Crippen molar-refractivity contribution in [2.24, 2.45) is 0 Å². The molecule has 1 aliphatic rings. The molecular weight excluding hydrogens is 463 g/mol. The predicted octanol–water partition coefficient (Wildman–Crippen LogP) is 4.53. The number of fused-ring (bicyclic) bond motifs is 1. The minimum absolute atomic E-state index is 0.0231. The van der Waals surface area contributed by atoms with Crippen LogP contribution in [0.5, 0.6) is 0 Å². The van der Waals surface area contributed by atoms with E-state index in [0.717, 1.165) is 12.8 Å². The Morgan fingerprint density at radius 2 is 2.00 bits per heavy atom. The average Bonchev–Trinajstić information content (AvgIpc) is 3.36. The summed E-state index contributed by atoms with van der Waals surface area (Å²) in [5, 5.41) is 5.22. The first-order valence-electron chi connectivity index (χ1n) is 10.9. The van der Waals surface area contributed by atoms with Crippen molar-refractivity contribution in [1.82, 2.24) is 14.9 Å². The third-order valence-electron chi connectivity index (χ3n) is 5.78. The second kappa shape index (κ2) is 9.42. The van der Waals surface area contributed by atoms with Gasteiger partial charge in [0.25, 0.3) is 17.6 Å². The molecule has 3 heterocycles. The maximum absolute atomic E-state index is 13.6. The lowest BCUT2D eigenvalue weighted by atomic mass is 10.1. The van der Waals surface area contributed by atoms with E-state index in [1.807, 2.05) is 0 Å². The van der Waals surface area contributed by atoms with E-state index in [1.165, 1.54) is 24.5 Å². The van der Waals surface area contributed by atoms with Crippen molar-refractivity contribution < 1.29 is 23.2 Å². The van der Waals surface area contributed by atoms with Crippen molar-refractivity contribution in [3.05, 3.63) is 69.4 Å². The van der Waals surface area contributed by atoms with Crippen LogP contribution in [0, 0.1) is 19.7 Å². The Hall–Kier alpha value is -3.46. The summed E-state index contributed by atoms with van der Waals surface area (Å²) in [6, 6.07) is 3.58. The van der Waals surface area contributed by atoms with Crippen LogP contribution in [0.15, 0.2) is 28.9 Å². The van der Waals surface area contributed by atoms with Crippen LogP contribution in [0.25, 0.3) is 0 Å². The molecule has 1 aliphatic heterocycles. The molecule has 2 aromatic heterocycles. The van der Waals surface area contributed by atoms with Gasteiger partial charge in [-0.2, -0.15) is 0 Å². The topological polar surface area (TPSA) is 106 Å². The summed E-state index contributed by atoms with van der Waals surface area (Å²) in [6.45, 7) is 5.45. The van der Waals surface area contributed by atoms with Crippen molar-refractivity contribution in [1.29, 1.82) is 0 Å². The quantitative estimate of drug-likeness (QED) is 0.393. The fraction of sp³-hybridized carbons (Fsp3) is 0.333. The summed E-state index contributed by atoms with van der Waals surface area (Å²) in [6.07, 6.45) is 3.58. The zero-order valence-corrected chi connectivity index (χ0v) is 19.8. The fourth-order valence-corrected chi connectivity index (χ4v) is 4.46. The van der Waals surface area contributed by atoms with Gasteiger partial charge in [0, 0.05) is 17.9 Å². The van der Waals surface area contributed by atoms with Gasteiger partial charge in [-0.25, -0.2) is 9.37 Å². The van der Waals surface area contributed by atoms with E-state index in [2.05, 4.69) is 15.6 Å². The average molecular weight is 487 g/mol. The molecule has 0 unspecified atom stereocenters. The molecule has 0 radical (unpaired) electrons. The molecule has 178 valence electrons. The Kier molecular flexibility index (Phi) is 6.56. The van der Waals surface area contributed by atoms with Gasteiger partial charge < -0.3 is 19.6 Å². The lowest BCUT2D eigenvalue weighted by Gasteiger charge is -2.18. The third-order valence-corrected chi connectivity index (χ3v) is 6.14. The van der Waals surface area contributed by atoms with E-state index >= 15 is 0 Å². The van der Waals surface area contributed by atoms with Gasteiger partial charge in [0.2, 0.25) is 5.89 Å². The van der Waals surface area contributed by atoms with E-state index in [1.54, 1.807) is 25.3 Å². The number of amides is 2. The molecule has 2 N–H and O–H groups in total. The van der Waals surface area contributed by atoms with Gasteiger partial charge in [0.05, 0.1) is 16.3 Å². The first-order valence-corrected chi connectivity index (χ1v) is 11.3. The molecule has 4 rings (SSSR count). The molecule has 8 nitrogen and oxygen atoms in total. The molecule has 0 aliphatic carbocycles. The normalized spacial score (nSPS) is 13.8. The van der Waals surface area contributed by atoms with Gasteiger partial charge in [-0.15, -0.1) is 0 Å². The number of hydrogen-bond donors (Lipinski definition) is 2. The minimum atomic E-state index is -0.878. The Labute approximate surface area is 200 Å². The molecule has 34 heavy (non-hydrogen) atoms. The van der Waals surface area contributed by atoms with Gasteiger partial charge in [0.15, 0.2) is 0 Å². The SMILES string of the molecule is Cc1coc([C@H](C)NC(=O)C(=O)c2c(Cl)c(C(=O)Nc3ccc(F)c(C)c3)c3n2CCCC3)n1. The lowest BCUT2D eigenvalue weighted by molar-refractivity contribution is -0.117. The number of benzene rings is 1. The zero-order valence-electron chi connectivity index (χ0n) is 19.0. The Bertz CT molecular complexity index is 1300. The van der Waals surface area contributed by atoms with Crippen LogP contribution in [0.3, 0.4) is 0 Å². The van der Waals surface area contributed by atoms with E-state index < -0.39 is 23.6 Å². The lowest BCUT2D eigenvalue weighted by Crippen LogP contribution is -2.35. The van der Waals surface area contributed by atoms with Crippen molar-refractivity contribution in [3.8, 4) is 0 Å². The number of aryl methyl sites for hydroxylation is 2. The number of carbonyl (C=O) groups excluding carboxylic acids is 3. The van der Waals surface area contributed by atoms with E-state index in [0.29, 0.717) is 35.6 Å². The smallest absolute Gasteiger partial charge is 0.294 e. The number of anilines is 1. The number of nitrogens with one attached hydrogen (secondary N) is 2. The Balaban J connectivity index is 1.63. The fourth-order valence-electron chi connectivity index (χ4n) is 4.07. The highest BCUT2D eigenvalue weighted by molar-refractivity contribution is 6.48. The van der Waals surface area contributed by atoms with E-state index in [-0.39, 0.29) is 28.0 Å². The molecule has 3 aromatic rings. The molecule has 1 atom stereocenters. The predicted molar refractivity (Wildman–Crippen MR) is 124 cm³/mol. The molecule has 0 bridgehead atoms. The van der Waals surface area contributed by atoms with Gasteiger partial charge in [-0.3, -0.25) is 14.4 Å². The summed E-state index contributed by atoms with van der Waals surface area (Å²) >= 11 is 6.56. The number of ketones is 1. The molecule has 0 saturated heterocycles. The highest BCUT2D eigenvalue weighted by atomic mass is 35.5. The van der Waals surface area contributed by atoms with Crippen LogP contribution in [0.4, 0.5) is 10.1 Å². The molecular formula is C24H24ClFN4O4. The standard InChI is InChI=1S/C24H24ClFN4O4/c1-12-10-15(7-8-16(12)26)29-22(32)18-17-6-4-5-9-30(17)20(19(18)25)21(31)23(33)28-14(3)24-27-13(2)11-34-24/h7-8,10-11,14H,4-6,9H2,1-3H3,(H,28,33)(H,29,32)/t14-/m0/s1. The molecule has 0 saturated carbocycles. The summed E-state index contributed by atoms with van der Waals surface area (Å²) < 4.78 is 20.5. The number of aromatic nitrogens is 2. The molecule has 0 fully saturated rings. The van der Waals surface area contributed by atoms with Crippen LogP contribution in [-0.2, 0) is 17.8 Å². The van der Waals surface area contributed by atoms with Gasteiger partial charge in [-0.1, -0.05) is 11.6 Å². The summed E-state index contributed by atoms with van der Waals surface area (Å²) in [5.74, 6) is -2.36. The molecule has 1 aromatic carbocycles. The van der Waals surface area contributed by atoms with Gasteiger partial charge >= 0.3 is 0 Å². The minimum Gasteiger partial charge on any atom is -0.446 e. The van der Waals surface area contributed by atoms with E-state index in [4.69, 9.17) is 16.0 Å². The van der Waals surface area contributed by atoms with Crippen LogP contribution >= 0.6 is 11.6 Å². The van der Waals surface area contributed by atoms with Crippen LogP contribution in [0.1, 0.15) is 69.5 Å². The monoisotopic (exact) mass is 486 g/mol. The number of rotatable bonds is 6. The van der Waals surface area contributed by atoms with Crippen molar-refractivity contribution in [3.63, 3.8) is 0 Å². The molecule has 2 amide bonds. The maximum Gasteiger partial charge on any atom is 0.294 e. The number of carbonyl (C=O) groups is 3. The second-order valence-electron chi connectivity index (χ2n) is 8.36. The van der Waals surface area contributed by atoms with Gasteiger partial charge in [0.1, 0.15) is 23.8 Å². The number of halogens is 2. The van der Waals surface area contributed by atoms with Crippen molar-refractivity contribution >= 4 is 34.9 Å². The largest absolute Gasteiger partial charge is 0.446 e. The zero-order chi connectivity index (χ0) is 24.6. The molecule has 10 heteroatoms. The Morgan fingerprint density at radius 3 is 2.68 bits per heavy atom. The first-order chi connectivity index (χ1) is 16.2. The summed E-state index contributed by atoms with van der Waals surface area (Å²) in [4.78, 5) is 43.2. The van der Waals surface area contributed by atoms with Crippen LogP contribution < -0.4 is 10.6 Å². The van der Waals surface area contributed by atoms with E-state index in [9.17, 15) is 18.8 Å².